The Balaban J connectivity index is 0.00000112. The number of methoxy groups -OCH3 is 1. The molecular weight excluding hydrogens is 829 g/mol. The maximum absolute atomic E-state index is 9.75. The van der Waals surface area contributed by atoms with Crippen LogP contribution in [0.4, 0.5) is 17.3 Å². The summed E-state index contributed by atoms with van der Waals surface area (Å²) < 4.78 is 51.7. The van der Waals surface area contributed by atoms with Gasteiger partial charge in [0.25, 0.3) is 0 Å². The largest absolute Gasteiger partial charge is 0.673 e. The summed E-state index contributed by atoms with van der Waals surface area (Å²) in [5.41, 5.74) is 18.9. The minimum absolute atomic E-state index is 0.0347. The molecule has 0 spiro atoms. The van der Waals surface area contributed by atoms with Crippen LogP contribution in [0.15, 0.2) is 133 Å². The summed E-state index contributed by atoms with van der Waals surface area (Å²) in [4.78, 5) is 0. The zero-order valence-electron chi connectivity index (χ0n) is 39.7. The van der Waals surface area contributed by atoms with Crippen LogP contribution in [0.5, 0.6) is 11.5 Å². The van der Waals surface area contributed by atoms with Gasteiger partial charge in [0.15, 0.2) is 0 Å². The number of rotatable bonds is 14. The number of quaternary nitrogens is 1. The number of nitrogens with zero attached hydrogens (tertiary/aromatic N) is 1. The summed E-state index contributed by atoms with van der Waals surface area (Å²) in [6, 6.07) is 50.8. The van der Waals surface area contributed by atoms with Gasteiger partial charge in [-0.2, -0.15) is 0 Å². The Morgan fingerprint density at radius 3 is 1.21 bits per heavy atom. The topological polar surface area (TPSA) is 18.5 Å². The van der Waals surface area contributed by atoms with Crippen molar-refractivity contribution in [3.63, 3.8) is 0 Å². The van der Waals surface area contributed by atoms with E-state index in [1.165, 1.54) is 88.7 Å². The zero-order valence-corrected chi connectivity index (χ0v) is 39.7. The lowest BCUT2D eigenvalue weighted by Crippen LogP contribution is -2.40. The standard InChI is InChI=1S/C58H62NO2.BF4/c1-9-57(10-2)53-35-43(39-17-24-47(60-8)25-18-39)20-27-49(53)51-29-22-45(37-55(51)57)46-23-30-52-50-28-21-44(36-54(50)58(11-3,12-4)56(52)38-46)40-15-16-42-34-48(26-19-41(42)33-40)61-32-14-31-59(6,7)13-5;2-1(3,4)5/h15-30,33-38H,9-14,31-32H2,1-8H3;/q+1;-1. The smallest absolute Gasteiger partial charge is 0.497 e. The SMILES string of the molecule is CCC1(CC)c2cc(-c3ccc(OC)cc3)ccc2-c2ccc(-c3ccc4c(c3)C(CC)(CC)c3cc(-c5ccc6cc(OCCC[N+](C)(C)CC)ccc6c5)ccc3-4)cc21.F[B-](F)(F)F. The molecule has 3 nitrogen and oxygen atoms in total. The van der Waals surface area contributed by atoms with Gasteiger partial charge in [-0.3, -0.25) is 0 Å². The van der Waals surface area contributed by atoms with Gasteiger partial charge in [-0.15, -0.1) is 0 Å². The van der Waals surface area contributed by atoms with Crippen molar-refractivity contribution in [2.24, 2.45) is 0 Å². The maximum Gasteiger partial charge on any atom is 0.673 e. The van der Waals surface area contributed by atoms with Crippen molar-refractivity contribution in [1.82, 2.24) is 0 Å². The number of benzene rings is 7. The second-order valence-corrected chi connectivity index (χ2v) is 18.7. The molecule has 0 saturated carbocycles. The van der Waals surface area contributed by atoms with Crippen LogP contribution in [-0.2, 0) is 10.8 Å². The van der Waals surface area contributed by atoms with Crippen molar-refractivity contribution in [3.8, 4) is 67.1 Å². The minimum Gasteiger partial charge on any atom is -0.497 e. The molecule has 66 heavy (non-hydrogen) atoms. The maximum atomic E-state index is 9.75. The van der Waals surface area contributed by atoms with E-state index in [4.69, 9.17) is 9.47 Å². The van der Waals surface area contributed by atoms with Crippen LogP contribution in [0.1, 0.15) is 89.0 Å². The Labute approximate surface area is 389 Å². The number of hydrogen-bond acceptors (Lipinski definition) is 2. The van der Waals surface area contributed by atoms with Gasteiger partial charge in [-0.25, -0.2) is 0 Å². The molecule has 0 aliphatic heterocycles. The monoisotopic (exact) mass is 891 g/mol. The van der Waals surface area contributed by atoms with E-state index in [2.05, 4.69) is 182 Å². The number of fused-ring (bicyclic) bond motifs is 7. The van der Waals surface area contributed by atoms with Crippen LogP contribution in [0.2, 0.25) is 0 Å². The van der Waals surface area contributed by atoms with Crippen molar-refractivity contribution in [2.75, 3.05) is 40.9 Å². The molecule has 7 aromatic carbocycles. The predicted molar refractivity (Wildman–Crippen MR) is 268 cm³/mol. The fraction of sp³-hybridized carbons (Fsp3) is 0.310. The van der Waals surface area contributed by atoms with Crippen LogP contribution in [-0.4, -0.2) is 52.6 Å². The molecule has 2 aliphatic carbocycles. The van der Waals surface area contributed by atoms with E-state index >= 15 is 0 Å². The molecule has 0 unspecified atom stereocenters. The van der Waals surface area contributed by atoms with Crippen LogP contribution in [0, 0.1) is 0 Å². The van der Waals surface area contributed by atoms with E-state index in [0.717, 1.165) is 67.8 Å². The van der Waals surface area contributed by atoms with Crippen LogP contribution in [0.3, 0.4) is 0 Å². The molecule has 0 amide bonds. The molecule has 0 saturated heterocycles. The van der Waals surface area contributed by atoms with Crippen LogP contribution in [0.25, 0.3) is 66.4 Å². The summed E-state index contributed by atoms with van der Waals surface area (Å²) in [6.07, 6.45) is 5.26. The predicted octanol–water partition coefficient (Wildman–Crippen LogP) is 16.2. The lowest BCUT2D eigenvalue weighted by Gasteiger charge is -2.31. The average molecular weight is 892 g/mol. The third-order valence-electron chi connectivity index (χ3n) is 15.1. The molecule has 8 heteroatoms. The Hall–Kier alpha value is -5.86. The van der Waals surface area contributed by atoms with Gasteiger partial charge in [0, 0.05) is 17.3 Å². The summed E-state index contributed by atoms with van der Waals surface area (Å²) in [6.45, 7) is 14.7. The molecule has 0 heterocycles. The molecule has 0 aromatic heterocycles. The molecule has 2 aliphatic rings. The highest BCUT2D eigenvalue weighted by Gasteiger charge is 2.43. The van der Waals surface area contributed by atoms with E-state index in [-0.39, 0.29) is 10.8 Å². The fourth-order valence-corrected chi connectivity index (χ4v) is 10.8. The molecule has 0 atom stereocenters. The Morgan fingerprint density at radius 2 is 0.803 bits per heavy atom. The Kier molecular flexibility index (Phi) is 13.0. The summed E-state index contributed by atoms with van der Waals surface area (Å²) in [7, 11) is 0.290. The second kappa shape index (κ2) is 18.4. The van der Waals surface area contributed by atoms with Crippen molar-refractivity contribution >= 4 is 18.0 Å². The van der Waals surface area contributed by atoms with Gasteiger partial charge in [0.2, 0.25) is 0 Å². The molecule has 0 fully saturated rings. The molecule has 342 valence electrons. The normalized spacial score (nSPS) is 14.2. The zero-order chi connectivity index (χ0) is 47.0. The third kappa shape index (κ3) is 8.77. The highest BCUT2D eigenvalue weighted by Crippen LogP contribution is 2.56. The van der Waals surface area contributed by atoms with Gasteiger partial charge in [-0.1, -0.05) is 107 Å². The first-order valence-corrected chi connectivity index (χ1v) is 23.7. The summed E-state index contributed by atoms with van der Waals surface area (Å²) >= 11 is 0. The molecule has 0 N–H and O–H groups in total. The Bertz CT molecular complexity index is 2870. The highest BCUT2D eigenvalue weighted by molar-refractivity contribution is 6.50. The van der Waals surface area contributed by atoms with Crippen molar-refractivity contribution < 1.29 is 31.2 Å². The van der Waals surface area contributed by atoms with Crippen molar-refractivity contribution in [3.05, 3.63) is 156 Å². The lowest BCUT2D eigenvalue weighted by molar-refractivity contribution is -0.888. The van der Waals surface area contributed by atoms with Crippen molar-refractivity contribution in [1.29, 1.82) is 0 Å². The first kappa shape index (κ1) is 46.7. The minimum atomic E-state index is -6.00. The highest BCUT2D eigenvalue weighted by atomic mass is 19.5. The quantitative estimate of drug-likeness (QED) is 0.0469. The van der Waals surface area contributed by atoms with E-state index in [1.807, 2.05) is 0 Å². The fourth-order valence-electron chi connectivity index (χ4n) is 10.8. The van der Waals surface area contributed by atoms with E-state index in [1.54, 1.807) is 7.11 Å². The molecule has 7 aromatic rings. The van der Waals surface area contributed by atoms with E-state index < -0.39 is 7.25 Å². The van der Waals surface area contributed by atoms with Crippen LogP contribution < -0.4 is 9.47 Å². The molecule has 0 bridgehead atoms. The average Bonchev–Trinajstić information content (AvgIpc) is 3.77. The van der Waals surface area contributed by atoms with Gasteiger partial charge < -0.3 is 31.2 Å². The summed E-state index contributed by atoms with van der Waals surface area (Å²) in [5, 5.41) is 2.46. The second-order valence-electron chi connectivity index (χ2n) is 18.7. The van der Waals surface area contributed by atoms with Gasteiger partial charge in [0.1, 0.15) is 11.5 Å². The molecule has 9 rings (SSSR count). The van der Waals surface area contributed by atoms with Gasteiger partial charge >= 0.3 is 7.25 Å². The van der Waals surface area contributed by atoms with E-state index in [0.29, 0.717) is 0 Å². The number of ether oxygens (including phenoxy) is 2. The van der Waals surface area contributed by atoms with Gasteiger partial charge in [-0.05, 0) is 176 Å². The third-order valence-corrected chi connectivity index (χ3v) is 15.1. The number of halogens is 4. The molecule has 0 radical (unpaired) electrons. The summed E-state index contributed by atoms with van der Waals surface area (Å²) in [5.74, 6) is 1.84. The first-order valence-electron chi connectivity index (χ1n) is 23.7. The Morgan fingerprint density at radius 1 is 0.455 bits per heavy atom. The van der Waals surface area contributed by atoms with Crippen molar-refractivity contribution in [2.45, 2.75) is 77.6 Å². The molecular formula is C58H62BF4NO2. The van der Waals surface area contributed by atoms with E-state index in [9.17, 15) is 17.3 Å². The van der Waals surface area contributed by atoms with Gasteiger partial charge in [0.05, 0.1) is 40.9 Å². The lowest BCUT2D eigenvalue weighted by atomic mass is 9.72. The number of hydrogen-bond donors (Lipinski definition) is 0. The first-order chi connectivity index (χ1) is 31.6. The van der Waals surface area contributed by atoms with Crippen LogP contribution >= 0.6 is 0 Å².